The predicted molar refractivity (Wildman–Crippen MR) is 72.2 cm³/mol. The summed E-state index contributed by atoms with van der Waals surface area (Å²) in [6, 6.07) is 0. The molecule has 7 nitrogen and oxygen atoms in total. The maximum absolute atomic E-state index is 12.1. The Hall–Kier alpha value is -1.83. The molecule has 0 spiro atoms. The van der Waals surface area contributed by atoms with E-state index in [0.717, 1.165) is 11.8 Å². The standard InChI is InChI=1S/C12H16N2O5S/c1-4-17-10(15)12(20-3,11(16)18-5-2)19-9-6-13-8-14-7-9/h6-8H,4-5H2,1-3H3. The van der Waals surface area contributed by atoms with Gasteiger partial charge >= 0.3 is 16.9 Å². The lowest BCUT2D eigenvalue weighted by atomic mass is 10.3. The molecule has 20 heavy (non-hydrogen) atoms. The lowest BCUT2D eigenvalue weighted by Crippen LogP contribution is -2.50. The summed E-state index contributed by atoms with van der Waals surface area (Å²) in [5.74, 6) is -1.48. The Morgan fingerprint density at radius 3 is 2.05 bits per heavy atom. The molecule has 1 heterocycles. The van der Waals surface area contributed by atoms with E-state index in [0.29, 0.717) is 0 Å². The molecule has 110 valence electrons. The molecule has 0 aliphatic carbocycles. The van der Waals surface area contributed by atoms with Crippen LogP contribution < -0.4 is 4.74 Å². The van der Waals surface area contributed by atoms with Gasteiger partial charge in [-0.2, -0.15) is 0 Å². The van der Waals surface area contributed by atoms with Gasteiger partial charge in [-0.3, -0.25) is 0 Å². The topological polar surface area (TPSA) is 87.6 Å². The molecular formula is C12H16N2O5S. The van der Waals surface area contributed by atoms with Crippen LogP contribution in [0.1, 0.15) is 13.8 Å². The fourth-order valence-corrected chi connectivity index (χ4v) is 1.96. The summed E-state index contributed by atoms with van der Waals surface area (Å²) in [6.07, 6.45) is 5.55. The Labute approximate surface area is 121 Å². The van der Waals surface area contributed by atoms with E-state index in [1.807, 2.05) is 0 Å². The lowest BCUT2D eigenvalue weighted by Gasteiger charge is -2.27. The maximum atomic E-state index is 12.1. The molecule has 1 rings (SSSR count). The summed E-state index contributed by atoms with van der Waals surface area (Å²) in [6.45, 7) is 3.52. The van der Waals surface area contributed by atoms with Crippen molar-refractivity contribution in [3.63, 3.8) is 0 Å². The fraction of sp³-hybridized carbons (Fsp3) is 0.500. The molecule has 0 radical (unpaired) electrons. The van der Waals surface area contributed by atoms with Gasteiger partial charge in [0.05, 0.1) is 25.6 Å². The first-order valence-corrected chi connectivity index (χ1v) is 7.16. The first-order valence-electron chi connectivity index (χ1n) is 5.94. The van der Waals surface area contributed by atoms with Crippen LogP contribution in [0.25, 0.3) is 0 Å². The molecule has 1 aromatic rings. The van der Waals surface area contributed by atoms with E-state index >= 15 is 0 Å². The molecule has 0 atom stereocenters. The molecule has 0 aromatic carbocycles. The predicted octanol–water partition coefficient (Wildman–Crippen LogP) is 1.04. The first-order chi connectivity index (χ1) is 9.60. The van der Waals surface area contributed by atoms with Crippen molar-refractivity contribution in [2.75, 3.05) is 19.5 Å². The van der Waals surface area contributed by atoms with Crippen molar-refractivity contribution in [3.8, 4) is 5.75 Å². The van der Waals surface area contributed by atoms with Crippen molar-refractivity contribution in [2.45, 2.75) is 18.8 Å². The van der Waals surface area contributed by atoms with Crippen molar-refractivity contribution in [2.24, 2.45) is 0 Å². The van der Waals surface area contributed by atoms with Crippen molar-refractivity contribution in [1.82, 2.24) is 9.97 Å². The van der Waals surface area contributed by atoms with Crippen LogP contribution in [0.2, 0.25) is 0 Å². The number of ether oxygens (including phenoxy) is 3. The molecule has 0 fully saturated rings. The van der Waals surface area contributed by atoms with Gasteiger partial charge in [0.25, 0.3) is 0 Å². The minimum Gasteiger partial charge on any atom is -0.462 e. The number of esters is 2. The second kappa shape index (κ2) is 7.68. The summed E-state index contributed by atoms with van der Waals surface area (Å²) in [7, 11) is 0. The van der Waals surface area contributed by atoms with Gasteiger partial charge in [-0.15, -0.1) is 0 Å². The van der Waals surface area contributed by atoms with Crippen LogP contribution in [-0.4, -0.2) is 46.3 Å². The van der Waals surface area contributed by atoms with Crippen molar-refractivity contribution in [3.05, 3.63) is 18.7 Å². The van der Waals surface area contributed by atoms with Gasteiger partial charge in [0.1, 0.15) is 6.33 Å². The first kappa shape index (κ1) is 16.2. The number of rotatable bonds is 7. The number of thioether (sulfide) groups is 1. The molecular weight excluding hydrogens is 284 g/mol. The highest BCUT2D eigenvalue weighted by molar-refractivity contribution is 8.01. The van der Waals surface area contributed by atoms with Gasteiger partial charge < -0.3 is 14.2 Å². The zero-order valence-corrected chi connectivity index (χ0v) is 12.3. The zero-order valence-electron chi connectivity index (χ0n) is 11.5. The van der Waals surface area contributed by atoms with E-state index < -0.39 is 16.9 Å². The van der Waals surface area contributed by atoms with E-state index in [1.54, 1.807) is 20.1 Å². The Balaban J connectivity index is 3.10. The van der Waals surface area contributed by atoms with Crippen molar-refractivity contribution in [1.29, 1.82) is 0 Å². The van der Waals surface area contributed by atoms with Gasteiger partial charge in [-0.05, 0) is 20.1 Å². The smallest absolute Gasteiger partial charge is 0.373 e. The van der Waals surface area contributed by atoms with Gasteiger partial charge in [0.2, 0.25) is 0 Å². The van der Waals surface area contributed by atoms with Gasteiger partial charge in [-0.25, -0.2) is 19.6 Å². The Bertz CT molecular complexity index is 436. The van der Waals surface area contributed by atoms with Gasteiger partial charge in [-0.1, -0.05) is 11.8 Å². The van der Waals surface area contributed by atoms with E-state index in [1.165, 1.54) is 18.7 Å². The molecule has 0 saturated heterocycles. The average Bonchev–Trinajstić information content (AvgIpc) is 2.46. The minimum absolute atomic E-state index is 0.120. The third kappa shape index (κ3) is 3.60. The number of carbonyl (C=O) groups is 2. The van der Waals surface area contributed by atoms with E-state index in [-0.39, 0.29) is 19.0 Å². The van der Waals surface area contributed by atoms with Crippen LogP contribution in [0.3, 0.4) is 0 Å². The molecule has 0 unspecified atom stereocenters. The number of hydrogen-bond acceptors (Lipinski definition) is 8. The van der Waals surface area contributed by atoms with E-state index in [9.17, 15) is 9.59 Å². The molecule has 8 heteroatoms. The number of nitrogens with zero attached hydrogens (tertiary/aromatic N) is 2. The molecule has 0 aliphatic heterocycles. The molecule has 0 saturated carbocycles. The largest absolute Gasteiger partial charge is 0.462 e. The monoisotopic (exact) mass is 300 g/mol. The average molecular weight is 300 g/mol. The van der Waals surface area contributed by atoms with Crippen LogP contribution in [0, 0.1) is 0 Å². The summed E-state index contributed by atoms with van der Waals surface area (Å²) < 4.78 is 15.3. The summed E-state index contributed by atoms with van der Waals surface area (Å²) in [5, 5.41) is 0. The lowest BCUT2D eigenvalue weighted by molar-refractivity contribution is -0.169. The second-order valence-electron chi connectivity index (χ2n) is 3.44. The third-order valence-electron chi connectivity index (χ3n) is 2.17. The van der Waals surface area contributed by atoms with E-state index in [4.69, 9.17) is 14.2 Å². The summed E-state index contributed by atoms with van der Waals surface area (Å²) in [4.78, 5) is 29.8. The highest BCUT2D eigenvalue weighted by atomic mass is 32.2. The molecule has 0 bridgehead atoms. The van der Waals surface area contributed by atoms with Gasteiger partial charge in [0.15, 0.2) is 5.75 Å². The van der Waals surface area contributed by atoms with Crippen LogP contribution >= 0.6 is 11.8 Å². The zero-order chi connectivity index (χ0) is 15.0. The minimum atomic E-state index is -1.92. The maximum Gasteiger partial charge on any atom is 0.373 e. The van der Waals surface area contributed by atoms with Crippen LogP contribution in [0.5, 0.6) is 5.75 Å². The van der Waals surface area contributed by atoms with Crippen LogP contribution in [0.15, 0.2) is 18.7 Å². The van der Waals surface area contributed by atoms with Crippen molar-refractivity contribution < 1.29 is 23.8 Å². The normalized spacial score (nSPS) is 10.8. The molecule has 0 aliphatic rings. The third-order valence-corrected chi connectivity index (χ3v) is 3.17. The summed E-state index contributed by atoms with van der Waals surface area (Å²) in [5.41, 5.74) is 0. The van der Waals surface area contributed by atoms with Crippen LogP contribution in [0.4, 0.5) is 0 Å². The van der Waals surface area contributed by atoms with Gasteiger partial charge in [0, 0.05) is 0 Å². The number of hydrogen-bond donors (Lipinski definition) is 0. The van der Waals surface area contributed by atoms with Crippen LogP contribution in [-0.2, 0) is 19.1 Å². The van der Waals surface area contributed by atoms with E-state index in [2.05, 4.69) is 9.97 Å². The molecule has 0 amide bonds. The highest BCUT2D eigenvalue weighted by Crippen LogP contribution is 2.30. The number of aromatic nitrogens is 2. The fourth-order valence-electron chi connectivity index (χ4n) is 1.33. The Morgan fingerprint density at radius 2 is 1.65 bits per heavy atom. The van der Waals surface area contributed by atoms with Crippen molar-refractivity contribution >= 4 is 23.7 Å². The highest BCUT2D eigenvalue weighted by Gasteiger charge is 2.52. The Kier molecular flexibility index (Phi) is 6.23. The molecule has 1 aromatic heterocycles. The number of carbonyl (C=O) groups excluding carboxylic acids is 2. The summed E-state index contributed by atoms with van der Waals surface area (Å²) >= 11 is 0.881. The quantitative estimate of drug-likeness (QED) is 0.419. The Morgan fingerprint density at radius 1 is 1.15 bits per heavy atom. The second-order valence-corrected chi connectivity index (χ2v) is 4.42. The molecule has 0 N–H and O–H groups in total. The SMILES string of the molecule is CCOC(=O)C(Oc1cncnc1)(SC)C(=O)OCC.